The van der Waals surface area contributed by atoms with Gasteiger partial charge >= 0.3 is 75.7 Å². The molecule has 0 aromatic rings. The van der Waals surface area contributed by atoms with Crippen LogP contribution in [0.3, 0.4) is 0 Å². The van der Waals surface area contributed by atoms with Crippen LogP contribution in [0.1, 0.15) is 20.8 Å². The minimum atomic E-state index is -0.678. The van der Waals surface area contributed by atoms with Crippen LogP contribution in [0, 0.1) is 5.41 Å². The van der Waals surface area contributed by atoms with E-state index < -0.39 is 6.09 Å². The first-order valence-corrected chi connectivity index (χ1v) is 5.25. The van der Waals surface area contributed by atoms with E-state index >= 15 is 0 Å². The molecule has 0 aliphatic carbocycles. The van der Waals surface area contributed by atoms with Crippen molar-refractivity contribution in [2.75, 3.05) is 0 Å². The number of amides is 1. The first kappa shape index (κ1) is 10.8. The number of ether oxygens (including phenoxy) is 1. The van der Waals surface area contributed by atoms with Crippen LogP contribution in [-0.2, 0) is 4.74 Å². The summed E-state index contributed by atoms with van der Waals surface area (Å²) >= 11 is 1.55. The van der Waals surface area contributed by atoms with Gasteiger partial charge in [0, 0.05) is 0 Å². The second kappa shape index (κ2) is 4.01. The van der Waals surface area contributed by atoms with E-state index in [2.05, 4.69) is 0 Å². The van der Waals surface area contributed by atoms with Gasteiger partial charge in [-0.3, -0.25) is 0 Å². The van der Waals surface area contributed by atoms with Crippen LogP contribution >= 0.6 is 0 Å². The zero-order valence-corrected chi connectivity index (χ0v) is 9.68. The van der Waals surface area contributed by atoms with Gasteiger partial charge in [-0.2, -0.15) is 0 Å². The Hall–Kier alpha value is -0.172. The van der Waals surface area contributed by atoms with Gasteiger partial charge in [-0.05, 0) is 0 Å². The summed E-state index contributed by atoms with van der Waals surface area (Å²) in [7, 11) is 0. The number of rotatable bonds is 2. The van der Waals surface area contributed by atoms with Crippen LogP contribution in [0.15, 0.2) is 0 Å². The average molecular weight is 221 g/mol. The third-order valence-corrected chi connectivity index (χ3v) is 2.34. The van der Waals surface area contributed by atoms with Gasteiger partial charge in [-0.1, -0.05) is 0 Å². The van der Waals surface area contributed by atoms with E-state index in [4.69, 9.17) is 10.5 Å². The standard InChI is InChI=1S/C7H16AsNO2/c1-7(2,3)5(4-8)11-6(9)10/h5H,4,8H2,1-3H3,(H2,9,10). The van der Waals surface area contributed by atoms with Gasteiger partial charge in [0.1, 0.15) is 0 Å². The van der Waals surface area contributed by atoms with Gasteiger partial charge in [0.05, 0.1) is 0 Å². The number of hydrogen-bond donors (Lipinski definition) is 1. The van der Waals surface area contributed by atoms with E-state index in [9.17, 15) is 4.79 Å². The Balaban J connectivity index is 4.07. The number of nitrogens with two attached hydrogens (primary N) is 1. The predicted molar refractivity (Wildman–Crippen MR) is 47.3 cm³/mol. The first-order chi connectivity index (χ1) is 4.88. The zero-order chi connectivity index (χ0) is 9.07. The fourth-order valence-corrected chi connectivity index (χ4v) is 2.40. The van der Waals surface area contributed by atoms with Crippen molar-refractivity contribution in [3.8, 4) is 0 Å². The van der Waals surface area contributed by atoms with Crippen LogP contribution in [0.2, 0.25) is 5.21 Å². The van der Waals surface area contributed by atoms with Gasteiger partial charge < -0.3 is 0 Å². The van der Waals surface area contributed by atoms with Crippen molar-refractivity contribution in [3.63, 3.8) is 0 Å². The number of carbonyl (C=O) groups is 1. The molecule has 2 N–H and O–H groups in total. The van der Waals surface area contributed by atoms with E-state index in [-0.39, 0.29) is 11.5 Å². The summed E-state index contributed by atoms with van der Waals surface area (Å²) in [5.74, 6) is 0. The van der Waals surface area contributed by atoms with Crippen molar-refractivity contribution in [1.29, 1.82) is 0 Å². The molecule has 0 spiro atoms. The Labute approximate surface area is 76.2 Å². The molecule has 11 heavy (non-hydrogen) atoms. The third-order valence-electron chi connectivity index (χ3n) is 1.44. The summed E-state index contributed by atoms with van der Waals surface area (Å²) in [4.78, 5) is 10.4. The van der Waals surface area contributed by atoms with Crippen molar-refractivity contribution in [2.45, 2.75) is 32.1 Å². The second-order valence-corrected chi connectivity index (χ2v) is 4.52. The minimum absolute atomic E-state index is 0.00840. The molecule has 2 atom stereocenters. The Morgan fingerprint density at radius 3 is 2.18 bits per heavy atom. The Bertz CT molecular complexity index is 142. The van der Waals surface area contributed by atoms with Crippen LogP contribution in [0.4, 0.5) is 4.79 Å². The van der Waals surface area contributed by atoms with Crippen LogP contribution in [-0.4, -0.2) is 29.0 Å². The molecule has 0 aliphatic rings. The van der Waals surface area contributed by atoms with E-state index in [0.29, 0.717) is 0 Å². The molecule has 0 heterocycles. The van der Waals surface area contributed by atoms with Crippen molar-refractivity contribution in [3.05, 3.63) is 0 Å². The van der Waals surface area contributed by atoms with Gasteiger partial charge in [0.15, 0.2) is 0 Å². The van der Waals surface area contributed by atoms with E-state index in [1.807, 2.05) is 20.8 Å². The number of hydrogen-bond acceptors (Lipinski definition) is 2. The van der Waals surface area contributed by atoms with Crippen molar-refractivity contribution < 1.29 is 9.53 Å². The molecule has 3 nitrogen and oxygen atoms in total. The molecule has 0 bridgehead atoms. The maximum atomic E-state index is 10.4. The molecule has 0 aromatic heterocycles. The van der Waals surface area contributed by atoms with Crippen molar-refractivity contribution in [2.24, 2.45) is 11.1 Å². The molecule has 1 amide bonds. The summed E-state index contributed by atoms with van der Waals surface area (Å²) in [5.41, 5.74) is 4.90. The normalized spacial score (nSPS) is 14.2. The Morgan fingerprint density at radius 1 is 1.64 bits per heavy atom. The quantitative estimate of drug-likeness (QED) is 0.692. The molecule has 0 saturated carbocycles. The first-order valence-electron chi connectivity index (χ1n) is 3.54. The van der Waals surface area contributed by atoms with E-state index in [1.54, 1.807) is 16.9 Å². The van der Waals surface area contributed by atoms with Gasteiger partial charge in [0.25, 0.3) is 0 Å². The Morgan fingerprint density at radius 2 is 2.09 bits per heavy atom. The van der Waals surface area contributed by atoms with Crippen molar-refractivity contribution >= 4 is 22.9 Å². The third kappa shape index (κ3) is 4.31. The fraction of sp³-hybridized carbons (Fsp3) is 0.857. The number of primary amides is 1. The van der Waals surface area contributed by atoms with Crippen LogP contribution in [0.5, 0.6) is 0 Å². The zero-order valence-electron chi connectivity index (χ0n) is 7.26. The summed E-state index contributed by atoms with van der Waals surface area (Å²) in [6.07, 6.45) is -0.734. The van der Waals surface area contributed by atoms with Crippen molar-refractivity contribution in [1.82, 2.24) is 0 Å². The molecule has 0 saturated heterocycles. The van der Waals surface area contributed by atoms with Gasteiger partial charge in [0.2, 0.25) is 0 Å². The molecule has 0 radical (unpaired) electrons. The van der Waals surface area contributed by atoms with Gasteiger partial charge in [-0.15, -0.1) is 0 Å². The Kier molecular flexibility index (Phi) is 3.94. The maximum absolute atomic E-state index is 10.4. The molecule has 0 aliphatic heterocycles. The van der Waals surface area contributed by atoms with E-state index in [0.717, 1.165) is 5.21 Å². The summed E-state index contributed by atoms with van der Waals surface area (Å²) in [5, 5.41) is 0.861. The average Bonchev–Trinajstić information content (AvgIpc) is 1.79. The number of carbonyl (C=O) groups excluding carboxylic acids is 1. The van der Waals surface area contributed by atoms with E-state index in [1.165, 1.54) is 0 Å². The molecule has 0 aromatic carbocycles. The van der Waals surface area contributed by atoms with Crippen LogP contribution in [0.25, 0.3) is 0 Å². The summed E-state index contributed by atoms with van der Waals surface area (Å²) in [6.45, 7) is 6.08. The molecule has 4 heteroatoms. The summed E-state index contributed by atoms with van der Waals surface area (Å²) in [6, 6.07) is 0. The topological polar surface area (TPSA) is 52.3 Å². The van der Waals surface area contributed by atoms with Gasteiger partial charge in [-0.25, -0.2) is 0 Å². The molecular weight excluding hydrogens is 205 g/mol. The fourth-order valence-electron chi connectivity index (χ4n) is 0.719. The molecule has 0 fully saturated rings. The van der Waals surface area contributed by atoms with Crippen LogP contribution < -0.4 is 5.73 Å². The second-order valence-electron chi connectivity index (χ2n) is 3.53. The predicted octanol–water partition coefficient (Wildman–Crippen LogP) is 0.548. The summed E-state index contributed by atoms with van der Waals surface area (Å²) < 4.78 is 4.92. The SMILES string of the molecule is CC(C)(C)C(C[AsH2])OC(N)=O. The molecule has 66 valence electrons. The molecule has 2 unspecified atom stereocenters. The monoisotopic (exact) mass is 221 g/mol. The molecular formula is C7H16AsNO2. The molecule has 0 rings (SSSR count).